The van der Waals surface area contributed by atoms with Gasteiger partial charge in [-0.25, -0.2) is 4.98 Å². The lowest BCUT2D eigenvalue weighted by Gasteiger charge is -2.34. The smallest absolute Gasteiger partial charge is 0.171 e. The zero-order chi connectivity index (χ0) is 14.2. The first-order chi connectivity index (χ1) is 9.85. The summed E-state index contributed by atoms with van der Waals surface area (Å²) in [4.78, 5) is 6.88. The first kappa shape index (κ1) is 15.1. The summed E-state index contributed by atoms with van der Waals surface area (Å²) >= 11 is 0. The Balaban J connectivity index is 1.92. The minimum absolute atomic E-state index is 0.662. The van der Waals surface area contributed by atoms with E-state index in [9.17, 15) is 0 Å². The Morgan fingerprint density at radius 2 is 2.10 bits per heavy atom. The van der Waals surface area contributed by atoms with Crippen LogP contribution in [0.1, 0.15) is 39.5 Å². The molecule has 0 radical (unpaired) electrons. The average molecular weight is 277 g/mol. The third-order valence-electron chi connectivity index (χ3n) is 3.69. The van der Waals surface area contributed by atoms with Gasteiger partial charge in [-0.1, -0.05) is 13.8 Å². The highest BCUT2D eigenvalue weighted by molar-refractivity contribution is 5.52. The first-order valence-electron chi connectivity index (χ1n) is 7.91. The molecule has 0 amide bonds. The summed E-state index contributed by atoms with van der Waals surface area (Å²) in [6.45, 7) is 8.34. The molecule has 1 aromatic heterocycles. The standard InChI is InChI=1S/C16H27N3O/c1-3-9-17-14-7-11-19(12-8-14)16-15(20-13-4-2)6-5-10-18-16/h5-6,10,14,17H,3-4,7-9,11-13H2,1-2H3. The highest BCUT2D eigenvalue weighted by atomic mass is 16.5. The Morgan fingerprint density at radius 3 is 2.80 bits per heavy atom. The molecule has 4 nitrogen and oxygen atoms in total. The predicted molar refractivity (Wildman–Crippen MR) is 83.6 cm³/mol. The largest absolute Gasteiger partial charge is 0.490 e. The van der Waals surface area contributed by atoms with Gasteiger partial charge in [0, 0.05) is 25.3 Å². The van der Waals surface area contributed by atoms with Crippen molar-refractivity contribution in [2.24, 2.45) is 0 Å². The number of nitrogens with zero attached hydrogens (tertiary/aromatic N) is 2. The Bertz CT molecular complexity index is 389. The number of hydrogen-bond acceptors (Lipinski definition) is 4. The predicted octanol–water partition coefficient (Wildman–Crippen LogP) is 2.84. The van der Waals surface area contributed by atoms with E-state index in [1.165, 1.54) is 19.3 Å². The quantitative estimate of drug-likeness (QED) is 0.831. The van der Waals surface area contributed by atoms with Crippen molar-refractivity contribution in [3.8, 4) is 5.75 Å². The van der Waals surface area contributed by atoms with E-state index in [1.807, 2.05) is 18.3 Å². The van der Waals surface area contributed by atoms with Gasteiger partial charge in [0.1, 0.15) is 0 Å². The Hall–Kier alpha value is -1.29. The van der Waals surface area contributed by atoms with E-state index in [0.717, 1.165) is 44.2 Å². The summed E-state index contributed by atoms with van der Waals surface area (Å²) in [5.74, 6) is 1.93. The van der Waals surface area contributed by atoms with E-state index in [-0.39, 0.29) is 0 Å². The van der Waals surface area contributed by atoms with Gasteiger partial charge in [0.05, 0.1) is 6.61 Å². The van der Waals surface area contributed by atoms with Crippen LogP contribution >= 0.6 is 0 Å². The molecule has 1 fully saturated rings. The van der Waals surface area contributed by atoms with Crippen molar-refractivity contribution in [1.82, 2.24) is 10.3 Å². The number of nitrogens with one attached hydrogen (secondary N) is 1. The maximum Gasteiger partial charge on any atom is 0.171 e. The third kappa shape index (κ3) is 4.10. The second-order valence-electron chi connectivity index (χ2n) is 5.39. The molecule has 0 saturated carbocycles. The van der Waals surface area contributed by atoms with Gasteiger partial charge in [0.15, 0.2) is 11.6 Å². The van der Waals surface area contributed by atoms with Gasteiger partial charge >= 0.3 is 0 Å². The SMILES string of the molecule is CCCNC1CCN(c2ncccc2OCCC)CC1. The molecule has 0 aliphatic carbocycles. The molecule has 0 aromatic carbocycles. The van der Waals surface area contributed by atoms with Crippen LogP contribution < -0.4 is 15.0 Å². The zero-order valence-corrected chi connectivity index (χ0v) is 12.8. The number of rotatable bonds is 7. The van der Waals surface area contributed by atoms with Crippen molar-refractivity contribution in [3.63, 3.8) is 0 Å². The number of piperidine rings is 1. The lowest BCUT2D eigenvalue weighted by atomic mass is 10.0. The molecule has 4 heteroatoms. The molecule has 1 saturated heterocycles. The molecule has 1 aromatic rings. The van der Waals surface area contributed by atoms with E-state index >= 15 is 0 Å². The van der Waals surface area contributed by atoms with E-state index in [0.29, 0.717) is 6.04 Å². The molecule has 20 heavy (non-hydrogen) atoms. The summed E-state index contributed by atoms with van der Waals surface area (Å²) in [7, 11) is 0. The lowest BCUT2D eigenvalue weighted by molar-refractivity contribution is 0.315. The number of ether oxygens (including phenoxy) is 1. The van der Waals surface area contributed by atoms with E-state index in [2.05, 4.69) is 29.0 Å². The van der Waals surface area contributed by atoms with Crippen LogP contribution in [0.2, 0.25) is 0 Å². The summed E-state index contributed by atoms with van der Waals surface area (Å²) in [5.41, 5.74) is 0. The molecule has 1 aliphatic rings. The molecule has 2 heterocycles. The van der Waals surface area contributed by atoms with Crippen LogP contribution in [0.4, 0.5) is 5.82 Å². The fourth-order valence-electron chi connectivity index (χ4n) is 2.59. The van der Waals surface area contributed by atoms with E-state index in [4.69, 9.17) is 4.74 Å². The van der Waals surface area contributed by atoms with Gasteiger partial charge in [-0.3, -0.25) is 0 Å². The van der Waals surface area contributed by atoms with Crippen LogP contribution in [0, 0.1) is 0 Å². The summed E-state index contributed by atoms with van der Waals surface area (Å²) in [6, 6.07) is 4.64. The fourth-order valence-corrected chi connectivity index (χ4v) is 2.59. The fraction of sp³-hybridized carbons (Fsp3) is 0.688. The van der Waals surface area contributed by atoms with Crippen LogP contribution in [0.5, 0.6) is 5.75 Å². The van der Waals surface area contributed by atoms with Crippen molar-refractivity contribution in [3.05, 3.63) is 18.3 Å². The van der Waals surface area contributed by atoms with Gasteiger partial charge < -0.3 is 15.0 Å². The molecule has 1 N–H and O–H groups in total. The molecule has 0 unspecified atom stereocenters. The Labute approximate surface area is 122 Å². The maximum atomic E-state index is 5.81. The number of pyridine rings is 1. The van der Waals surface area contributed by atoms with Crippen LogP contribution in [0.25, 0.3) is 0 Å². The second-order valence-corrected chi connectivity index (χ2v) is 5.39. The molecular formula is C16H27N3O. The van der Waals surface area contributed by atoms with Crippen molar-refractivity contribution in [1.29, 1.82) is 0 Å². The maximum absolute atomic E-state index is 5.81. The zero-order valence-electron chi connectivity index (χ0n) is 12.8. The summed E-state index contributed by atoms with van der Waals surface area (Å²) in [6.07, 6.45) is 6.45. The molecule has 0 bridgehead atoms. The van der Waals surface area contributed by atoms with Gasteiger partial charge in [-0.05, 0) is 44.4 Å². The van der Waals surface area contributed by atoms with Gasteiger partial charge in [-0.15, -0.1) is 0 Å². The Kier molecular flexibility index (Phi) is 6.12. The van der Waals surface area contributed by atoms with Crippen LogP contribution in [-0.4, -0.2) is 37.3 Å². The van der Waals surface area contributed by atoms with Crippen LogP contribution in [0.15, 0.2) is 18.3 Å². The number of aromatic nitrogens is 1. The van der Waals surface area contributed by atoms with Crippen molar-refractivity contribution in [2.75, 3.05) is 31.1 Å². The highest BCUT2D eigenvalue weighted by Gasteiger charge is 2.21. The van der Waals surface area contributed by atoms with Crippen molar-refractivity contribution in [2.45, 2.75) is 45.6 Å². The second kappa shape index (κ2) is 8.10. The molecular weight excluding hydrogens is 250 g/mol. The number of hydrogen-bond donors (Lipinski definition) is 1. The minimum Gasteiger partial charge on any atom is -0.490 e. The first-order valence-corrected chi connectivity index (χ1v) is 7.91. The van der Waals surface area contributed by atoms with Crippen molar-refractivity contribution < 1.29 is 4.74 Å². The molecule has 2 rings (SSSR count). The minimum atomic E-state index is 0.662. The highest BCUT2D eigenvalue weighted by Crippen LogP contribution is 2.27. The molecule has 1 aliphatic heterocycles. The molecule has 0 atom stereocenters. The van der Waals surface area contributed by atoms with Crippen molar-refractivity contribution >= 4 is 5.82 Å². The number of anilines is 1. The van der Waals surface area contributed by atoms with Crippen LogP contribution in [-0.2, 0) is 0 Å². The van der Waals surface area contributed by atoms with Gasteiger partial charge in [-0.2, -0.15) is 0 Å². The Morgan fingerprint density at radius 1 is 1.30 bits per heavy atom. The van der Waals surface area contributed by atoms with E-state index in [1.54, 1.807) is 0 Å². The lowest BCUT2D eigenvalue weighted by Crippen LogP contribution is -2.43. The topological polar surface area (TPSA) is 37.4 Å². The van der Waals surface area contributed by atoms with Gasteiger partial charge in [0.25, 0.3) is 0 Å². The van der Waals surface area contributed by atoms with E-state index < -0.39 is 0 Å². The molecule has 112 valence electrons. The van der Waals surface area contributed by atoms with Gasteiger partial charge in [0.2, 0.25) is 0 Å². The summed E-state index contributed by atoms with van der Waals surface area (Å²) < 4.78 is 5.81. The normalized spacial score (nSPS) is 16.4. The molecule has 0 spiro atoms. The monoisotopic (exact) mass is 277 g/mol. The third-order valence-corrected chi connectivity index (χ3v) is 3.69. The summed E-state index contributed by atoms with van der Waals surface area (Å²) in [5, 5.41) is 3.61. The van der Waals surface area contributed by atoms with Crippen LogP contribution in [0.3, 0.4) is 0 Å². The average Bonchev–Trinajstić information content (AvgIpc) is 2.52.